The topological polar surface area (TPSA) is 26.0 Å². The monoisotopic (exact) mass is 169 g/mol. The molecule has 12 heavy (non-hydrogen) atoms. The first-order valence-electron chi connectivity index (χ1n) is 3.92. The highest BCUT2D eigenvalue weighted by Crippen LogP contribution is 2.31. The quantitative estimate of drug-likeness (QED) is 0.630. The van der Waals surface area contributed by atoms with Gasteiger partial charge in [0, 0.05) is 17.7 Å². The number of hydrogen-bond acceptors (Lipinski definition) is 1. The van der Waals surface area contributed by atoms with Crippen LogP contribution in [0.5, 0.6) is 0 Å². The van der Waals surface area contributed by atoms with Gasteiger partial charge in [0.2, 0.25) is 0 Å². The second-order valence-electron chi connectivity index (χ2n) is 3.11. The fourth-order valence-electron chi connectivity index (χ4n) is 1.72. The van der Waals surface area contributed by atoms with Crippen LogP contribution in [0, 0.1) is 11.6 Å². The number of fused-ring (bicyclic) bond motifs is 1. The van der Waals surface area contributed by atoms with Gasteiger partial charge in [-0.05, 0) is 24.5 Å². The summed E-state index contributed by atoms with van der Waals surface area (Å²) >= 11 is 0. The molecule has 0 aromatic heterocycles. The molecule has 0 saturated carbocycles. The zero-order valence-electron chi connectivity index (χ0n) is 6.48. The standard InChI is InChI=1S/C9H9F2N/c10-6-3-5-1-2-8(12)9(5)7(11)4-6/h3-4,8H,1-2,12H2/t8-/m0/s1. The lowest BCUT2D eigenvalue weighted by atomic mass is 10.1. The predicted molar refractivity (Wildman–Crippen MR) is 41.6 cm³/mol. The molecule has 64 valence electrons. The van der Waals surface area contributed by atoms with Crippen molar-refractivity contribution in [2.75, 3.05) is 0 Å². The summed E-state index contributed by atoms with van der Waals surface area (Å²) in [6, 6.07) is 2.01. The third-order valence-electron chi connectivity index (χ3n) is 2.28. The molecule has 1 aliphatic rings. The van der Waals surface area contributed by atoms with E-state index in [-0.39, 0.29) is 6.04 Å². The molecule has 1 nitrogen and oxygen atoms in total. The first-order valence-corrected chi connectivity index (χ1v) is 3.92. The Balaban J connectivity index is 2.60. The highest BCUT2D eigenvalue weighted by molar-refractivity contribution is 5.35. The van der Waals surface area contributed by atoms with Gasteiger partial charge in [-0.3, -0.25) is 0 Å². The minimum atomic E-state index is -0.514. The SMILES string of the molecule is N[C@H]1CCc2cc(F)cc(F)c21. The van der Waals surface area contributed by atoms with Gasteiger partial charge in [-0.15, -0.1) is 0 Å². The zero-order valence-corrected chi connectivity index (χ0v) is 6.48. The third kappa shape index (κ3) is 1.01. The number of aryl methyl sites for hydroxylation is 1. The van der Waals surface area contributed by atoms with E-state index in [1.165, 1.54) is 6.07 Å². The molecule has 0 amide bonds. The van der Waals surface area contributed by atoms with Gasteiger partial charge in [0.25, 0.3) is 0 Å². The first kappa shape index (κ1) is 7.68. The van der Waals surface area contributed by atoms with Crippen LogP contribution in [-0.2, 0) is 6.42 Å². The Morgan fingerprint density at radius 2 is 2.08 bits per heavy atom. The molecule has 0 heterocycles. The Bertz CT molecular complexity index is 323. The minimum absolute atomic E-state index is 0.249. The summed E-state index contributed by atoms with van der Waals surface area (Å²) in [7, 11) is 0. The van der Waals surface area contributed by atoms with Crippen LogP contribution >= 0.6 is 0 Å². The van der Waals surface area contributed by atoms with Crippen LogP contribution < -0.4 is 5.73 Å². The molecule has 0 unspecified atom stereocenters. The van der Waals surface area contributed by atoms with Gasteiger partial charge in [-0.25, -0.2) is 8.78 Å². The molecule has 2 N–H and O–H groups in total. The molecule has 1 aliphatic carbocycles. The average Bonchev–Trinajstić information content (AvgIpc) is 2.31. The Morgan fingerprint density at radius 3 is 2.83 bits per heavy atom. The highest BCUT2D eigenvalue weighted by atomic mass is 19.1. The van der Waals surface area contributed by atoms with Gasteiger partial charge < -0.3 is 5.73 Å². The summed E-state index contributed by atoms with van der Waals surface area (Å²) in [5.41, 5.74) is 6.85. The average molecular weight is 169 g/mol. The Morgan fingerprint density at radius 1 is 1.33 bits per heavy atom. The van der Waals surface area contributed by atoms with Crippen LogP contribution in [-0.4, -0.2) is 0 Å². The molecule has 0 aliphatic heterocycles. The fraction of sp³-hybridized carbons (Fsp3) is 0.333. The van der Waals surface area contributed by atoms with E-state index in [9.17, 15) is 8.78 Å². The molecule has 1 aromatic rings. The Hall–Kier alpha value is -0.960. The zero-order chi connectivity index (χ0) is 8.72. The summed E-state index contributed by atoms with van der Waals surface area (Å²) in [5.74, 6) is -1.02. The molecule has 0 saturated heterocycles. The van der Waals surface area contributed by atoms with Gasteiger partial charge in [0.05, 0.1) is 0 Å². The molecule has 2 rings (SSSR count). The molecule has 0 radical (unpaired) electrons. The van der Waals surface area contributed by atoms with Crippen molar-refractivity contribution in [3.8, 4) is 0 Å². The van der Waals surface area contributed by atoms with Crippen LogP contribution in [0.15, 0.2) is 12.1 Å². The van der Waals surface area contributed by atoms with Gasteiger partial charge >= 0.3 is 0 Å². The molecule has 0 spiro atoms. The maximum absolute atomic E-state index is 13.1. The first-order chi connectivity index (χ1) is 5.68. The van der Waals surface area contributed by atoms with Crippen molar-refractivity contribution in [1.29, 1.82) is 0 Å². The lowest BCUT2D eigenvalue weighted by Gasteiger charge is -2.05. The van der Waals surface area contributed by atoms with E-state index in [4.69, 9.17) is 5.73 Å². The summed E-state index contributed by atoms with van der Waals surface area (Å²) in [5, 5.41) is 0. The maximum Gasteiger partial charge on any atom is 0.131 e. The smallest absolute Gasteiger partial charge is 0.131 e. The third-order valence-corrected chi connectivity index (χ3v) is 2.28. The molecular formula is C9H9F2N. The number of hydrogen-bond donors (Lipinski definition) is 1. The lowest BCUT2D eigenvalue weighted by molar-refractivity contribution is 0.562. The van der Waals surface area contributed by atoms with E-state index in [1.54, 1.807) is 0 Å². The van der Waals surface area contributed by atoms with Crippen LogP contribution in [0.25, 0.3) is 0 Å². The number of benzene rings is 1. The highest BCUT2D eigenvalue weighted by Gasteiger charge is 2.23. The minimum Gasteiger partial charge on any atom is -0.324 e. The second-order valence-corrected chi connectivity index (χ2v) is 3.11. The molecule has 0 fully saturated rings. The van der Waals surface area contributed by atoms with Crippen LogP contribution in [0.2, 0.25) is 0 Å². The maximum atomic E-state index is 13.1. The van der Waals surface area contributed by atoms with Crippen molar-refractivity contribution in [3.63, 3.8) is 0 Å². The summed E-state index contributed by atoms with van der Waals surface area (Å²) in [6.45, 7) is 0. The summed E-state index contributed by atoms with van der Waals surface area (Å²) < 4.78 is 25.8. The van der Waals surface area contributed by atoms with Crippen molar-refractivity contribution >= 4 is 0 Å². The van der Waals surface area contributed by atoms with Crippen molar-refractivity contribution < 1.29 is 8.78 Å². The van der Waals surface area contributed by atoms with Gasteiger partial charge in [0.15, 0.2) is 0 Å². The van der Waals surface area contributed by atoms with E-state index in [0.29, 0.717) is 12.0 Å². The largest absolute Gasteiger partial charge is 0.324 e. The van der Waals surface area contributed by atoms with Gasteiger partial charge in [-0.2, -0.15) is 0 Å². The van der Waals surface area contributed by atoms with Gasteiger partial charge in [-0.1, -0.05) is 0 Å². The summed E-state index contributed by atoms with van der Waals surface area (Å²) in [6.07, 6.45) is 1.40. The number of rotatable bonds is 0. The second kappa shape index (κ2) is 2.52. The van der Waals surface area contributed by atoms with Crippen molar-refractivity contribution in [1.82, 2.24) is 0 Å². The molecule has 1 atom stereocenters. The van der Waals surface area contributed by atoms with Crippen LogP contribution in [0.1, 0.15) is 23.6 Å². The Labute approximate surface area is 69.2 Å². The predicted octanol–water partition coefficient (Wildman–Crippen LogP) is 1.91. The van der Waals surface area contributed by atoms with E-state index >= 15 is 0 Å². The molecular weight excluding hydrogens is 160 g/mol. The van der Waals surface area contributed by atoms with Crippen molar-refractivity contribution in [3.05, 3.63) is 34.9 Å². The van der Waals surface area contributed by atoms with E-state index in [2.05, 4.69) is 0 Å². The van der Waals surface area contributed by atoms with Crippen LogP contribution in [0.3, 0.4) is 0 Å². The normalized spacial score (nSPS) is 21.1. The Kier molecular flexibility index (Phi) is 1.61. The van der Waals surface area contributed by atoms with Crippen LogP contribution in [0.4, 0.5) is 8.78 Å². The molecule has 0 bridgehead atoms. The molecule has 3 heteroatoms. The van der Waals surface area contributed by atoms with Gasteiger partial charge in [0.1, 0.15) is 11.6 Å². The number of halogens is 2. The molecule has 1 aromatic carbocycles. The fourth-order valence-corrected chi connectivity index (χ4v) is 1.72. The summed E-state index contributed by atoms with van der Waals surface area (Å²) in [4.78, 5) is 0. The van der Waals surface area contributed by atoms with E-state index in [0.717, 1.165) is 18.1 Å². The van der Waals surface area contributed by atoms with Crippen molar-refractivity contribution in [2.45, 2.75) is 18.9 Å². The number of nitrogens with two attached hydrogens (primary N) is 1. The van der Waals surface area contributed by atoms with E-state index in [1.807, 2.05) is 0 Å². The van der Waals surface area contributed by atoms with E-state index < -0.39 is 11.6 Å². The lowest BCUT2D eigenvalue weighted by Crippen LogP contribution is -2.07. The van der Waals surface area contributed by atoms with Crippen molar-refractivity contribution in [2.24, 2.45) is 5.73 Å².